The fourth-order valence-corrected chi connectivity index (χ4v) is 1.59. The topological polar surface area (TPSA) is 12.9 Å². The molecule has 0 bridgehead atoms. The molecule has 0 fully saturated rings. The molecular formula is C9H9NS2. The summed E-state index contributed by atoms with van der Waals surface area (Å²) in [5.41, 5.74) is 1.20. The van der Waals surface area contributed by atoms with Crippen LogP contribution >= 0.6 is 24.8 Å². The van der Waals surface area contributed by atoms with Crippen LogP contribution in [0.25, 0.3) is 10.6 Å². The van der Waals surface area contributed by atoms with Gasteiger partial charge in [-0.1, -0.05) is 30.3 Å². The first kappa shape index (κ1) is 9.29. The standard InChI is InChI=1S/C9H7NS.H2S/c1-2-4-8(5-3-1)9-10-6-7-11-9;/h1-7H;1H2. The van der Waals surface area contributed by atoms with E-state index in [2.05, 4.69) is 17.1 Å². The highest BCUT2D eigenvalue weighted by molar-refractivity contribution is 7.59. The highest BCUT2D eigenvalue weighted by Crippen LogP contribution is 2.20. The van der Waals surface area contributed by atoms with Gasteiger partial charge in [0.1, 0.15) is 5.01 Å². The molecule has 0 amide bonds. The van der Waals surface area contributed by atoms with Gasteiger partial charge in [0.15, 0.2) is 0 Å². The molecule has 62 valence electrons. The predicted molar refractivity (Wildman–Crippen MR) is 57.9 cm³/mol. The SMILES string of the molecule is S.c1ccc(-c2nccs2)cc1. The summed E-state index contributed by atoms with van der Waals surface area (Å²) in [7, 11) is 0. The Morgan fingerprint density at radius 1 is 1.08 bits per heavy atom. The molecule has 0 saturated heterocycles. The molecule has 0 aliphatic rings. The highest BCUT2D eigenvalue weighted by Gasteiger charge is 1.95. The number of benzene rings is 1. The van der Waals surface area contributed by atoms with Crippen molar-refractivity contribution in [2.75, 3.05) is 0 Å². The Bertz CT molecular complexity index is 316. The van der Waals surface area contributed by atoms with Crippen LogP contribution in [-0.2, 0) is 0 Å². The van der Waals surface area contributed by atoms with Crippen LogP contribution in [0.1, 0.15) is 0 Å². The third kappa shape index (κ3) is 1.87. The van der Waals surface area contributed by atoms with E-state index in [4.69, 9.17) is 0 Å². The number of hydrogen-bond donors (Lipinski definition) is 0. The highest BCUT2D eigenvalue weighted by atomic mass is 32.1. The van der Waals surface area contributed by atoms with Gasteiger partial charge in [0, 0.05) is 17.1 Å². The van der Waals surface area contributed by atoms with E-state index in [1.807, 2.05) is 29.8 Å². The van der Waals surface area contributed by atoms with Crippen molar-refractivity contribution in [2.45, 2.75) is 0 Å². The van der Waals surface area contributed by atoms with Crippen LogP contribution in [-0.4, -0.2) is 4.98 Å². The van der Waals surface area contributed by atoms with Gasteiger partial charge in [-0.15, -0.1) is 11.3 Å². The Kier molecular flexibility index (Phi) is 3.31. The van der Waals surface area contributed by atoms with Gasteiger partial charge >= 0.3 is 0 Å². The van der Waals surface area contributed by atoms with E-state index in [0.717, 1.165) is 5.01 Å². The second kappa shape index (κ2) is 4.28. The summed E-state index contributed by atoms with van der Waals surface area (Å²) >= 11 is 1.66. The second-order valence-corrected chi connectivity index (χ2v) is 3.10. The van der Waals surface area contributed by atoms with E-state index in [9.17, 15) is 0 Å². The molecule has 0 spiro atoms. The van der Waals surface area contributed by atoms with Crippen molar-refractivity contribution in [3.05, 3.63) is 41.9 Å². The lowest BCUT2D eigenvalue weighted by atomic mass is 10.2. The molecule has 0 unspecified atom stereocenters. The van der Waals surface area contributed by atoms with Crippen molar-refractivity contribution in [3.63, 3.8) is 0 Å². The van der Waals surface area contributed by atoms with Crippen molar-refractivity contribution >= 4 is 24.8 Å². The normalized spacial score (nSPS) is 9.00. The van der Waals surface area contributed by atoms with E-state index in [1.54, 1.807) is 11.3 Å². The first-order chi connectivity index (χ1) is 5.47. The molecule has 0 radical (unpaired) electrons. The van der Waals surface area contributed by atoms with E-state index >= 15 is 0 Å². The molecule has 1 aromatic carbocycles. The summed E-state index contributed by atoms with van der Waals surface area (Å²) in [5.74, 6) is 0. The van der Waals surface area contributed by atoms with Gasteiger partial charge in [0.05, 0.1) is 0 Å². The predicted octanol–water partition coefficient (Wildman–Crippen LogP) is 2.92. The Hall–Kier alpha value is -0.800. The third-order valence-electron chi connectivity index (χ3n) is 1.45. The van der Waals surface area contributed by atoms with Gasteiger partial charge in [-0.25, -0.2) is 4.98 Å². The van der Waals surface area contributed by atoms with Gasteiger partial charge in [0.2, 0.25) is 0 Å². The van der Waals surface area contributed by atoms with Crippen LogP contribution in [0.15, 0.2) is 41.9 Å². The molecule has 0 aliphatic heterocycles. The summed E-state index contributed by atoms with van der Waals surface area (Å²) in [6.07, 6.45) is 1.83. The number of hydrogen-bond acceptors (Lipinski definition) is 2. The number of thiazole rings is 1. The van der Waals surface area contributed by atoms with Crippen molar-refractivity contribution in [2.24, 2.45) is 0 Å². The average Bonchev–Trinajstić information content (AvgIpc) is 2.58. The van der Waals surface area contributed by atoms with Gasteiger partial charge in [-0.05, 0) is 0 Å². The summed E-state index contributed by atoms with van der Waals surface area (Å²) < 4.78 is 0. The molecule has 3 heteroatoms. The summed E-state index contributed by atoms with van der Waals surface area (Å²) in [4.78, 5) is 4.20. The maximum Gasteiger partial charge on any atom is 0.123 e. The van der Waals surface area contributed by atoms with Crippen molar-refractivity contribution in [1.29, 1.82) is 0 Å². The van der Waals surface area contributed by atoms with Crippen molar-refractivity contribution in [1.82, 2.24) is 4.98 Å². The Morgan fingerprint density at radius 3 is 2.42 bits per heavy atom. The van der Waals surface area contributed by atoms with Crippen LogP contribution in [0.2, 0.25) is 0 Å². The summed E-state index contributed by atoms with van der Waals surface area (Å²) in [6.45, 7) is 0. The minimum absolute atomic E-state index is 0. The number of rotatable bonds is 1. The van der Waals surface area contributed by atoms with Gasteiger partial charge in [-0.3, -0.25) is 0 Å². The van der Waals surface area contributed by atoms with Crippen molar-refractivity contribution < 1.29 is 0 Å². The zero-order valence-corrected chi connectivity index (χ0v) is 8.21. The first-order valence-corrected chi connectivity index (χ1v) is 4.30. The second-order valence-electron chi connectivity index (χ2n) is 2.20. The van der Waals surface area contributed by atoms with Gasteiger partial charge in [-0.2, -0.15) is 13.5 Å². The van der Waals surface area contributed by atoms with Crippen LogP contribution in [0.4, 0.5) is 0 Å². The number of aromatic nitrogens is 1. The lowest BCUT2D eigenvalue weighted by Gasteiger charge is -1.91. The monoisotopic (exact) mass is 195 g/mol. The molecule has 1 nitrogen and oxygen atoms in total. The third-order valence-corrected chi connectivity index (χ3v) is 2.28. The maximum atomic E-state index is 4.20. The minimum Gasteiger partial charge on any atom is -0.245 e. The molecule has 0 atom stereocenters. The smallest absolute Gasteiger partial charge is 0.123 e. The largest absolute Gasteiger partial charge is 0.245 e. The average molecular weight is 195 g/mol. The summed E-state index contributed by atoms with van der Waals surface area (Å²) in [6, 6.07) is 10.2. The molecule has 0 aliphatic carbocycles. The number of nitrogens with zero attached hydrogens (tertiary/aromatic N) is 1. The van der Waals surface area contributed by atoms with Crippen molar-refractivity contribution in [3.8, 4) is 10.6 Å². The van der Waals surface area contributed by atoms with Crippen LogP contribution in [0.5, 0.6) is 0 Å². The maximum absolute atomic E-state index is 4.20. The molecule has 12 heavy (non-hydrogen) atoms. The lowest BCUT2D eigenvalue weighted by molar-refractivity contribution is 1.41. The van der Waals surface area contributed by atoms with Gasteiger partial charge in [0.25, 0.3) is 0 Å². The zero-order chi connectivity index (χ0) is 7.52. The first-order valence-electron chi connectivity index (χ1n) is 3.42. The quantitative estimate of drug-likeness (QED) is 0.682. The van der Waals surface area contributed by atoms with E-state index in [0.29, 0.717) is 0 Å². The van der Waals surface area contributed by atoms with Gasteiger partial charge < -0.3 is 0 Å². The molecule has 2 rings (SSSR count). The molecular weight excluding hydrogens is 186 g/mol. The summed E-state index contributed by atoms with van der Waals surface area (Å²) in [5, 5.41) is 3.08. The van der Waals surface area contributed by atoms with Crippen LogP contribution in [0, 0.1) is 0 Å². The fourth-order valence-electron chi connectivity index (χ4n) is 0.947. The Morgan fingerprint density at radius 2 is 1.83 bits per heavy atom. The Balaban J connectivity index is 0.000000720. The molecule has 0 N–H and O–H groups in total. The lowest BCUT2D eigenvalue weighted by Crippen LogP contribution is -1.71. The van der Waals surface area contributed by atoms with E-state index < -0.39 is 0 Å². The molecule has 2 aromatic rings. The van der Waals surface area contributed by atoms with Crippen LogP contribution < -0.4 is 0 Å². The fraction of sp³-hybridized carbons (Fsp3) is 0. The molecule has 1 aromatic heterocycles. The van der Waals surface area contributed by atoms with E-state index in [-0.39, 0.29) is 13.5 Å². The molecule has 1 heterocycles. The minimum atomic E-state index is 0. The molecule has 0 saturated carbocycles. The van der Waals surface area contributed by atoms with E-state index in [1.165, 1.54) is 5.56 Å². The zero-order valence-electron chi connectivity index (χ0n) is 6.40. The van der Waals surface area contributed by atoms with Crippen LogP contribution in [0.3, 0.4) is 0 Å². The Labute approximate surface area is 82.5 Å².